The van der Waals surface area contributed by atoms with Gasteiger partial charge in [0.2, 0.25) is 5.91 Å². The van der Waals surface area contributed by atoms with E-state index in [-0.39, 0.29) is 12.0 Å². The normalized spacial score (nSPS) is 14.9. The third-order valence-electron chi connectivity index (χ3n) is 4.95. The first kappa shape index (κ1) is 21.7. The van der Waals surface area contributed by atoms with Crippen molar-refractivity contribution in [3.63, 3.8) is 0 Å². The first-order valence-electron chi connectivity index (χ1n) is 9.96. The lowest BCUT2D eigenvalue weighted by Gasteiger charge is -2.22. The number of fused-ring (bicyclic) bond motifs is 1. The highest BCUT2D eigenvalue weighted by atomic mass is 32.1. The van der Waals surface area contributed by atoms with Crippen molar-refractivity contribution in [2.75, 3.05) is 19.0 Å². The molecule has 1 aliphatic carbocycles. The molecule has 0 fully saturated rings. The topological polar surface area (TPSA) is 100 Å². The Kier molecular flexibility index (Phi) is 7.31. The maximum absolute atomic E-state index is 12.5. The van der Waals surface area contributed by atoms with Gasteiger partial charge in [-0.3, -0.25) is 4.79 Å². The summed E-state index contributed by atoms with van der Waals surface area (Å²) in [6.45, 7) is 2.35. The van der Waals surface area contributed by atoms with Gasteiger partial charge in [0.15, 0.2) is 0 Å². The summed E-state index contributed by atoms with van der Waals surface area (Å²) in [4.78, 5) is 25.2. The van der Waals surface area contributed by atoms with Gasteiger partial charge in [0.05, 0.1) is 12.7 Å². The van der Waals surface area contributed by atoms with E-state index in [0.29, 0.717) is 49.2 Å². The Balaban J connectivity index is 1.63. The Bertz CT molecular complexity index is 964. The molecule has 0 bridgehead atoms. The molecule has 3 rings (SSSR count). The van der Waals surface area contributed by atoms with E-state index in [1.165, 1.54) is 11.3 Å². The van der Waals surface area contributed by atoms with Crippen LogP contribution in [0, 0.1) is 11.3 Å². The van der Waals surface area contributed by atoms with E-state index >= 15 is 0 Å². The molecule has 1 aliphatic rings. The minimum absolute atomic E-state index is 0.136. The van der Waals surface area contributed by atoms with E-state index < -0.39 is 6.09 Å². The summed E-state index contributed by atoms with van der Waals surface area (Å²) in [6.07, 6.45) is 2.13. The van der Waals surface area contributed by atoms with Crippen molar-refractivity contribution in [1.82, 2.24) is 5.32 Å². The molecule has 2 aromatic rings. The fourth-order valence-electron chi connectivity index (χ4n) is 3.47. The molecule has 1 aromatic heterocycles. The van der Waals surface area contributed by atoms with Crippen molar-refractivity contribution in [3.8, 4) is 11.8 Å². The number of rotatable bonds is 7. The van der Waals surface area contributed by atoms with E-state index in [0.717, 1.165) is 21.8 Å². The maximum atomic E-state index is 12.5. The second kappa shape index (κ2) is 10.1. The van der Waals surface area contributed by atoms with Crippen LogP contribution in [0.25, 0.3) is 0 Å². The third-order valence-corrected chi connectivity index (χ3v) is 6.12. The van der Waals surface area contributed by atoms with E-state index in [1.54, 1.807) is 7.11 Å². The summed E-state index contributed by atoms with van der Waals surface area (Å²) in [6, 6.07) is 9.85. The van der Waals surface area contributed by atoms with Gasteiger partial charge in [-0.15, -0.1) is 11.3 Å². The Hall–Kier alpha value is -3.05. The molecule has 0 aliphatic heterocycles. The summed E-state index contributed by atoms with van der Waals surface area (Å²) < 4.78 is 10.6. The molecular weight excluding hydrogens is 402 g/mol. The number of hydrogen-bond acceptors (Lipinski definition) is 6. The lowest BCUT2D eigenvalue weighted by atomic mass is 9.94. The largest absolute Gasteiger partial charge is 0.497 e. The van der Waals surface area contributed by atoms with Crippen LogP contribution in [0.5, 0.6) is 5.75 Å². The molecular formula is C22H25N3O4S. The van der Waals surface area contributed by atoms with Gasteiger partial charge < -0.3 is 20.1 Å². The van der Waals surface area contributed by atoms with Crippen LogP contribution in [0.1, 0.15) is 41.3 Å². The van der Waals surface area contributed by atoms with Gasteiger partial charge in [0.1, 0.15) is 22.9 Å². The third kappa shape index (κ3) is 5.30. The second-order valence-electron chi connectivity index (χ2n) is 7.02. The maximum Gasteiger partial charge on any atom is 0.407 e. The number of alkyl carbamates (subject to hydrolysis) is 1. The average Bonchev–Trinajstić information content (AvgIpc) is 3.08. The molecule has 1 atom stereocenters. The summed E-state index contributed by atoms with van der Waals surface area (Å²) in [7, 11) is 1.61. The Labute approximate surface area is 180 Å². The monoisotopic (exact) mass is 427 g/mol. The van der Waals surface area contributed by atoms with Crippen LogP contribution in [0.3, 0.4) is 0 Å². The summed E-state index contributed by atoms with van der Waals surface area (Å²) in [5, 5.41) is 15.7. The Morgan fingerprint density at radius 2 is 2.20 bits per heavy atom. The van der Waals surface area contributed by atoms with Crippen molar-refractivity contribution in [1.29, 1.82) is 5.26 Å². The number of hydrogen-bond donors (Lipinski definition) is 2. The molecule has 2 amide bonds. The van der Waals surface area contributed by atoms with E-state index in [9.17, 15) is 14.9 Å². The highest BCUT2D eigenvalue weighted by Gasteiger charge is 2.28. The first-order chi connectivity index (χ1) is 14.5. The molecule has 0 saturated carbocycles. The van der Waals surface area contributed by atoms with E-state index in [4.69, 9.17) is 9.47 Å². The molecule has 30 heavy (non-hydrogen) atoms. The predicted molar refractivity (Wildman–Crippen MR) is 115 cm³/mol. The zero-order valence-corrected chi connectivity index (χ0v) is 17.9. The number of aryl methyl sites for hydroxylation is 1. The summed E-state index contributed by atoms with van der Waals surface area (Å²) in [5.74, 6) is 0.623. The summed E-state index contributed by atoms with van der Waals surface area (Å²) >= 11 is 1.40. The minimum atomic E-state index is -0.422. The highest BCUT2D eigenvalue weighted by Crippen LogP contribution is 2.38. The Morgan fingerprint density at radius 1 is 1.37 bits per heavy atom. The molecule has 7 nitrogen and oxygen atoms in total. The first-order valence-corrected chi connectivity index (χ1v) is 10.8. The van der Waals surface area contributed by atoms with Crippen molar-refractivity contribution in [2.24, 2.45) is 0 Å². The smallest absolute Gasteiger partial charge is 0.407 e. The number of nitrogens with one attached hydrogen (secondary N) is 2. The fourth-order valence-corrected chi connectivity index (χ4v) is 4.75. The number of benzene rings is 1. The van der Waals surface area contributed by atoms with Crippen LogP contribution < -0.4 is 15.4 Å². The molecule has 0 spiro atoms. The van der Waals surface area contributed by atoms with Gasteiger partial charge >= 0.3 is 6.09 Å². The second-order valence-corrected chi connectivity index (χ2v) is 8.13. The molecule has 1 unspecified atom stereocenters. The predicted octanol–water partition coefficient (Wildman–Crippen LogP) is 3.80. The van der Waals surface area contributed by atoms with Crippen molar-refractivity contribution in [3.05, 3.63) is 45.8 Å². The van der Waals surface area contributed by atoms with Crippen LogP contribution >= 0.6 is 11.3 Å². The standard InChI is InChI=1S/C22H25N3O4S/c1-3-24-22(27)29-16-8-9-17-18(13-23)21(30-19(17)12-16)25-20(26)10-7-14-5-4-6-15(11-14)28-2/h4-6,11,16H,3,7-10,12H2,1-2H3,(H,24,27)(H,25,26). The zero-order chi connectivity index (χ0) is 21.5. The van der Waals surface area contributed by atoms with Crippen LogP contribution in [-0.2, 0) is 28.8 Å². The number of amides is 2. The fraction of sp³-hybridized carbons (Fsp3) is 0.409. The van der Waals surface area contributed by atoms with Crippen molar-refractivity contribution >= 4 is 28.3 Å². The minimum Gasteiger partial charge on any atom is -0.497 e. The zero-order valence-electron chi connectivity index (χ0n) is 17.1. The SMILES string of the molecule is CCNC(=O)OC1CCc2c(sc(NC(=O)CCc3cccc(OC)c3)c2C#N)C1. The van der Waals surface area contributed by atoms with Gasteiger partial charge in [-0.25, -0.2) is 4.79 Å². The molecule has 0 saturated heterocycles. The number of methoxy groups -OCH3 is 1. The van der Waals surface area contributed by atoms with E-state index in [1.807, 2.05) is 31.2 Å². The number of carbonyl (C=O) groups is 2. The van der Waals surface area contributed by atoms with Crippen LogP contribution in [0.2, 0.25) is 0 Å². The molecule has 8 heteroatoms. The lowest BCUT2D eigenvalue weighted by Crippen LogP contribution is -2.31. The highest BCUT2D eigenvalue weighted by molar-refractivity contribution is 7.16. The number of carbonyl (C=O) groups excluding carboxylic acids is 2. The number of nitriles is 1. The quantitative estimate of drug-likeness (QED) is 0.700. The number of anilines is 1. The van der Waals surface area contributed by atoms with Crippen LogP contribution in [0.4, 0.5) is 9.80 Å². The van der Waals surface area contributed by atoms with Crippen molar-refractivity contribution in [2.45, 2.75) is 45.1 Å². The lowest BCUT2D eigenvalue weighted by molar-refractivity contribution is -0.116. The van der Waals surface area contributed by atoms with Gasteiger partial charge in [0.25, 0.3) is 0 Å². The van der Waals surface area contributed by atoms with Crippen LogP contribution in [0.15, 0.2) is 24.3 Å². The van der Waals surface area contributed by atoms with Gasteiger partial charge in [-0.1, -0.05) is 12.1 Å². The van der Waals surface area contributed by atoms with Crippen LogP contribution in [-0.4, -0.2) is 31.8 Å². The average molecular weight is 428 g/mol. The molecule has 1 aromatic carbocycles. The van der Waals surface area contributed by atoms with Crippen molar-refractivity contribution < 1.29 is 19.1 Å². The van der Waals surface area contributed by atoms with Gasteiger partial charge in [0, 0.05) is 24.3 Å². The van der Waals surface area contributed by atoms with Gasteiger partial charge in [-0.2, -0.15) is 5.26 Å². The van der Waals surface area contributed by atoms with E-state index in [2.05, 4.69) is 16.7 Å². The molecule has 2 N–H and O–H groups in total. The molecule has 0 radical (unpaired) electrons. The Morgan fingerprint density at radius 3 is 2.93 bits per heavy atom. The summed E-state index contributed by atoms with van der Waals surface area (Å²) in [5.41, 5.74) is 2.50. The molecule has 158 valence electrons. The van der Waals surface area contributed by atoms with Gasteiger partial charge in [-0.05, 0) is 49.4 Å². The molecule has 1 heterocycles. The number of nitrogens with zero attached hydrogens (tertiary/aromatic N) is 1. The number of thiophene rings is 1. The number of ether oxygens (including phenoxy) is 2.